The van der Waals surface area contributed by atoms with Gasteiger partial charge in [-0.25, -0.2) is 9.97 Å². The molecule has 0 aliphatic carbocycles. The van der Waals surface area contributed by atoms with E-state index in [9.17, 15) is 0 Å². The molecule has 4 nitrogen and oxygen atoms in total. The fraction of sp³-hybridized carbons (Fsp3) is 0. The van der Waals surface area contributed by atoms with Crippen LogP contribution in [0.25, 0.3) is 112 Å². The molecule has 0 unspecified atom stereocenters. The van der Waals surface area contributed by atoms with Gasteiger partial charge in [0.1, 0.15) is 4.83 Å². The Morgan fingerprint density at radius 2 is 1.11 bits per heavy atom. The summed E-state index contributed by atoms with van der Waals surface area (Å²) >= 11 is 3.57. The second-order valence-corrected chi connectivity index (χ2v) is 19.0. The molecule has 0 aliphatic heterocycles. The van der Waals surface area contributed by atoms with Gasteiger partial charge in [-0.05, 0) is 98.4 Å². The maximum atomic E-state index is 5.33. The van der Waals surface area contributed by atoms with Gasteiger partial charge in [0.15, 0.2) is 0 Å². The van der Waals surface area contributed by atoms with Crippen molar-refractivity contribution in [1.82, 2.24) is 14.5 Å². The van der Waals surface area contributed by atoms with Gasteiger partial charge in [-0.2, -0.15) is 0 Å². The van der Waals surface area contributed by atoms with Crippen molar-refractivity contribution in [3.05, 3.63) is 219 Å². The molecule has 0 radical (unpaired) electrons. The molecule has 0 fully saturated rings. The Labute approximate surface area is 387 Å². The molecular weight excluding hydrogens is 841 g/mol. The second kappa shape index (κ2) is 14.7. The van der Waals surface area contributed by atoms with E-state index in [2.05, 4.69) is 222 Å². The Bertz CT molecular complexity index is 4240. The lowest BCUT2D eigenvalue weighted by molar-refractivity contribution is 1.12. The van der Waals surface area contributed by atoms with E-state index >= 15 is 0 Å². The fourth-order valence-corrected chi connectivity index (χ4v) is 12.5. The van der Waals surface area contributed by atoms with Gasteiger partial charge in [-0.1, -0.05) is 158 Å². The van der Waals surface area contributed by atoms with E-state index in [-0.39, 0.29) is 0 Å². The van der Waals surface area contributed by atoms with Gasteiger partial charge < -0.3 is 4.57 Å². The minimum absolute atomic E-state index is 0.643. The Kier molecular flexibility index (Phi) is 8.29. The number of benzene rings is 10. The van der Waals surface area contributed by atoms with Crippen LogP contribution >= 0.6 is 22.7 Å². The van der Waals surface area contributed by atoms with Crippen molar-refractivity contribution in [2.75, 3.05) is 4.90 Å². The van der Waals surface area contributed by atoms with Crippen molar-refractivity contribution < 1.29 is 0 Å². The lowest BCUT2D eigenvalue weighted by Gasteiger charge is -2.24. The number of nitrogens with zero attached hydrogens (tertiary/aromatic N) is 4. The number of fused-ring (bicyclic) bond motifs is 12. The quantitative estimate of drug-likeness (QED) is 0.156. The van der Waals surface area contributed by atoms with Crippen LogP contribution in [0.15, 0.2) is 219 Å². The van der Waals surface area contributed by atoms with Crippen LogP contribution in [0.1, 0.15) is 0 Å². The Hall–Kier alpha value is -8.16. The molecular formula is C60H36N4S2. The minimum Gasteiger partial charge on any atom is -0.309 e. The summed E-state index contributed by atoms with van der Waals surface area (Å²) in [6, 6.07) is 77.2. The second-order valence-electron chi connectivity index (χ2n) is 16.9. The summed E-state index contributed by atoms with van der Waals surface area (Å²) in [5.74, 6) is 0.643. The van der Waals surface area contributed by atoms with Gasteiger partial charge in [-0.3, -0.25) is 4.90 Å². The van der Waals surface area contributed by atoms with Crippen molar-refractivity contribution in [3.63, 3.8) is 0 Å². The van der Waals surface area contributed by atoms with Crippen LogP contribution in [0.4, 0.5) is 17.3 Å². The first kappa shape index (κ1) is 37.2. The lowest BCUT2D eigenvalue weighted by Crippen LogP contribution is -2.13. The summed E-state index contributed by atoms with van der Waals surface area (Å²) < 4.78 is 6.12. The average Bonchev–Trinajstić information content (AvgIpc) is 4.06. The smallest absolute Gasteiger partial charge is 0.235 e. The van der Waals surface area contributed by atoms with E-state index in [1.165, 1.54) is 90.3 Å². The summed E-state index contributed by atoms with van der Waals surface area (Å²) in [6.45, 7) is 0. The van der Waals surface area contributed by atoms with E-state index in [0.717, 1.165) is 32.8 Å². The summed E-state index contributed by atoms with van der Waals surface area (Å²) in [7, 11) is 0. The highest BCUT2D eigenvalue weighted by molar-refractivity contribution is 7.26. The monoisotopic (exact) mass is 876 g/mol. The molecule has 0 aliphatic rings. The molecule has 4 heterocycles. The van der Waals surface area contributed by atoms with Crippen LogP contribution in [-0.2, 0) is 0 Å². The van der Waals surface area contributed by atoms with E-state index in [4.69, 9.17) is 9.97 Å². The standard InChI is InChI=1S/C60H36N4S2/c1-2-12-37(13-3-1)38-26-30-42(31-27-38)64(60-61-36-51-48-17-7-9-22-55(48)66-59(51)62-60)53-21-11-23-56-57(53)49-19-10-18-45(58(49)65-56)41-29-33-47-46-16-6-8-20-52(46)63(54(47)34-41)43-32-28-40-25-24-39-14-4-5-15-44(39)50(40)35-43/h1-36H. The van der Waals surface area contributed by atoms with Crippen LogP contribution in [0.3, 0.4) is 0 Å². The topological polar surface area (TPSA) is 34.0 Å². The molecule has 0 amide bonds. The van der Waals surface area contributed by atoms with Gasteiger partial charge in [-0.15, -0.1) is 22.7 Å². The molecule has 10 aromatic carbocycles. The predicted molar refractivity (Wildman–Crippen MR) is 283 cm³/mol. The number of anilines is 3. The zero-order valence-electron chi connectivity index (χ0n) is 35.4. The SMILES string of the molecule is c1ccc(-c2ccc(N(c3ncc4c(n3)sc3ccccc34)c3cccc4sc5c(-c6ccc7c8ccccc8n(-c8ccc9ccc%10ccccc%10c9c8)c7c6)cccc5c34)cc2)cc1. The van der Waals surface area contributed by atoms with Crippen molar-refractivity contribution in [2.24, 2.45) is 0 Å². The van der Waals surface area contributed by atoms with Gasteiger partial charge in [0.25, 0.3) is 0 Å². The van der Waals surface area contributed by atoms with Crippen LogP contribution in [-0.4, -0.2) is 14.5 Å². The van der Waals surface area contributed by atoms with Crippen molar-refractivity contribution in [2.45, 2.75) is 0 Å². The molecule has 0 atom stereocenters. The molecule has 4 aromatic heterocycles. The maximum Gasteiger partial charge on any atom is 0.235 e. The zero-order valence-corrected chi connectivity index (χ0v) is 37.0. The first-order chi connectivity index (χ1) is 32.7. The molecule has 0 N–H and O–H groups in total. The average molecular weight is 877 g/mol. The number of para-hydroxylation sites is 1. The molecule has 14 aromatic rings. The van der Waals surface area contributed by atoms with Crippen molar-refractivity contribution in [1.29, 1.82) is 0 Å². The molecule has 6 heteroatoms. The van der Waals surface area contributed by atoms with Gasteiger partial charge >= 0.3 is 0 Å². The van der Waals surface area contributed by atoms with Crippen molar-refractivity contribution >= 4 is 124 Å². The molecule has 66 heavy (non-hydrogen) atoms. The highest BCUT2D eigenvalue weighted by Gasteiger charge is 2.23. The van der Waals surface area contributed by atoms with Crippen LogP contribution < -0.4 is 4.90 Å². The molecule has 0 saturated heterocycles. The largest absolute Gasteiger partial charge is 0.309 e. The predicted octanol–water partition coefficient (Wildman–Crippen LogP) is 17.4. The zero-order chi connectivity index (χ0) is 43.3. The maximum absolute atomic E-state index is 5.33. The Morgan fingerprint density at radius 3 is 2.00 bits per heavy atom. The highest BCUT2D eigenvalue weighted by atomic mass is 32.1. The number of aromatic nitrogens is 3. The van der Waals surface area contributed by atoms with Crippen LogP contribution in [0.5, 0.6) is 0 Å². The summed E-state index contributed by atoms with van der Waals surface area (Å²) in [6.07, 6.45) is 2.00. The molecule has 0 bridgehead atoms. The molecule has 0 spiro atoms. The van der Waals surface area contributed by atoms with Gasteiger partial charge in [0.05, 0.1) is 16.7 Å². The van der Waals surface area contributed by atoms with Crippen LogP contribution in [0, 0.1) is 0 Å². The Balaban J connectivity index is 0.958. The van der Waals surface area contributed by atoms with E-state index in [0.29, 0.717) is 5.95 Å². The third-order valence-corrected chi connectivity index (χ3v) is 15.6. The van der Waals surface area contributed by atoms with E-state index in [1.807, 2.05) is 17.5 Å². The van der Waals surface area contributed by atoms with E-state index in [1.54, 1.807) is 11.3 Å². The third-order valence-electron chi connectivity index (χ3n) is 13.3. The van der Waals surface area contributed by atoms with Crippen molar-refractivity contribution in [3.8, 4) is 27.9 Å². The highest BCUT2D eigenvalue weighted by Crippen LogP contribution is 2.48. The van der Waals surface area contributed by atoms with Gasteiger partial charge in [0.2, 0.25) is 5.95 Å². The number of rotatable bonds is 6. The third kappa shape index (κ3) is 5.75. The fourth-order valence-electron chi connectivity index (χ4n) is 10.2. The minimum atomic E-state index is 0.643. The molecule has 0 saturated carbocycles. The summed E-state index contributed by atoms with van der Waals surface area (Å²) in [5, 5.41) is 12.2. The number of thiophene rings is 2. The van der Waals surface area contributed by atoms with E-state index < -0.39 is 0 Å². The molecule has 308 valence electrons. The lowest BCUT2D eigenvalue weighted by atomic mass is 10.00. The number of hydrogen-bond acceptors (Lipinski definition) is 5. The molecule has 14 rings (SSSR count). The number of hydrogen-bond donors (Lipinski definition) is 0. The normalized spacial score (nSPS) is 11.9. The summed E-state index contributed by atoms with van der Waals surface area (Å²) in [4.78, 5) is 13.7. The Morgan fingerprint density at radius 1 is 0.424 bits per heavy atom. The summed E-state index contributed by atoms with van der Waals surface area (Å²) in [5.41, 5.74) is 10.3. The van der Waals surface area contributed by atoms with Gasteiger partial charge in [0, 0.05) is 64.0 Å². The van der Waals surface area contributed by atoms with Crippen LogP contribution in [0.2, 0.25) is 0 Å². The first-order valence-corrected chi connectivity index (χ1v) is 23.8. The first-order valence-electron chi connectivity index (χ1n) is 22.2.